The average Bonchev–Trinajstić information content (AvgIpc) is 3.26. The Kier molecular flexibility index (Phi) is 5.87. The maximum atomic E-state index is 13.7. The van der Waals surface area contributed by atoms with E-state index in [1.807, 2.05) is 0 Å². The Morgan fingerprint density at radius 2 is 1.74 bits per heavy atom. The normalized spacial score (nSPS) is 14.2. The zero-order valence-corrected chi connectivity index (χ0v) is 17.9. The van der Waals surface area contributed by atoms with Crippen LogP contribution in [0.4, 0.5) is 32.3 Å². The first kappa shape index (κ1) is 24.3. The van der Waals surface area contributed by atoms with Crippen molar-refractivity contribution < 1.29 is 35.9 Å². The highest BCUT2D eigenvalue weighted by molar-refractivity contribution is 5.93. The van der Waals surface area contributed by atoms with Crippen molar-refractivity contribution in [3.05, 3.63) is 82.2 Å². The molecule has 0 aliphatic rings. The van der Waals surface area contributed by atoms with Gasteiger partial charge in [-0.05, 0) is 41.8 Å². The smallest absolute Gasteiger partial charge is 0.423 e. The van der Waals surface area contributed by atoms with Gasteiger partial charge in [-0.2, -0.15) is 22.0 Å². The molecule has 35 heavy (non-hydrogen) atoms. The molecule has 3 N–H and O–H groups in total. The van der Waals surface area contributed by atoms with Crippen molar-refractivity contribution in [3.63, 3.8) is 0 Å². The second-order valence-corrected chi connectivity index (χ2v) is 7.96. The summed E-state index contributed by atoms with van der Waals surface area (Å²) >= 11 is 0. The molecule has 1 atom stereocenters. The van der Waals surface area contributed by atoms with Crippen LogP contribution < -0.4 is 10.9 Å². The summed E-state index contributed by atoms with van der Waals surface area (Å²) in [6.07, 6.45) is -5.30. The molecule has 2 aromatic heterocycles. The number of aromatic nitrogens is 2. The van der Waals surface area contributed by atoms with Gasteiger partial charge in [-0.25, -0.2) is 14.2 Å². The summed E-state index contributed by atoms with van der Waals surface area (Å²) in [5.41, 5.74) is -3.14. The zero-order valence-electron chi connectivity index (χ0n) is 17.9. The minimum Gasteiger partial charge on any atom is -0.423 e. The molecule has 1 unspecified atom stereocenters. The maximum absolute atomic E-state index is 13.7. The van der Waals surface area contributed by atoms with Crippen molar-refractivity contribution in [2.45, 2.75) is 31.2 Å². The summed E-state index contributed by atoms with van der Waals surface area (Å²) in [4.78, 5) is 18.0. The summed E-state index contributed by atoms with van der Waals surface area (Å²) in [6.45, 7) is 0.354. The van der Waals surface area contributed by atoms with E-state index in [1.165, 1.54) is 36.4 Å². The van der Waals surface area contributed by atoms with Gasteiger partial charge >= 0.3 is 17.7 Å². The fourth-order valence-electron chi connectivity index (χ4n) is 3.47. The molecule has 0 aliphatic carbocycles. The second-order valence-electron chi connectivity index (χ2n) is 7.96. The van der Waals surface area contributed by atoms with Crippen molar-refractivity contribution in [2.75, 3.05) is 5.32 Å². The molecule has 6 nitrogen and oxygen atoms in total. The van der Waals surface area contributed by atoms with E-state index in [9.17, 15) is 36.2 Å². The van der Waals surface area contributed by atoms with Crippen LogP contribution in [0.25, 0.3) is 22.1 Å². The number of hydrogen-bond donors (Lipinski definition) is 3. The second kappa shape index (κ2) is 8.45. The topological polar surface area (TPSA) is 91.2 Å². The van der Waals surface area contributed by atoms with Gasteiger partial charge in [0.05, 0.1) is 11.9 Å². The van der Waals surface area contributed by atoms with Crippen LogP contribution in [0.3, 0.4) is 0 Å². The Labute approximate surface area is 193 Å². The molecule has 0 spiro atoms. The number of aromatic amines is 1. The molecule has 0 saturated heterocycles. The lowest BCUT2D eigenvalue weighted by atomic mass is 9.94. The SMILES string of the molecule is CC(O)(c1cnc(NCc2ccc3c(-c4ccc(F)cc4)cc(=O)oc3c2)[nH]1)C(F)(F)C(F)(F)F. The Morgan fingerprint density at radius 3 is 2.40 bits per heavy atom. The molecule has 0 aliphatic heterocycles. The van der Waals surface area contributed by atoms with Crippen LogP contribution in [0.5, 0.6) is 0 Å². The lowest BCUT2D eigenvalue weighted by Crippen LogP contribution is -2.53. The van der Waals surface area contributed by atoms with Gasteiger partial charge in [0.25, 0.3) is 0 Å². The average molecular weight is 497 g/mol. The van der Waals surface area contributed by atoms with Gasteiger partial charge in [-0.15, -0.1) is 0 Å². The van der Waals surface area contributed by atoms with E-state index >= 15 is 0 Å². The first-order chi connectivity index (χ1) is 16.3. The van der Waals surface area contributed by atoms with Gasteiger partial charge in [0.2, 0.25) is 5.95 Å². The monoisotopic (exact) mass is 497 g/mol. The molecule has 0 fully saturated rings. The lowest BCUT2D eigenvalue weighted by molar-refractivity contribution is -0.342. The van der Waals surface area contributed by atoms with Gasteiger partial charge in [-0.3, -0.25) is 0 Å². The lowest BCUT2D eigenvalue weighted by Gasteiger charge is -2.32. The quantitative estimate of drug-likeness (QED) is 0.247. The number of halogens is 6. The fraction of sp³-hybridized carbons (Fsp3) is 0.217. The Bertz CT molecular complexity index is 1430. The van der Waals surface area contributed by atoms with E-state index in [0.717, 1.165) is 0 Å². The summed E-state index contributed by atoms with van der Waals surface area (Å²) in [5, 5.41) is 13.2. The zero-order chi connectivity index (χ0) is 25.6. The van der Waals surface area contributed by atoms with Gasteiger partial charge in [0.1, 0.15) is 11.4 Å². The van der Waals surface area contributed by atoms with Crippen molar-refractivity contribution >= 4 is 16.9 Å². The van der Waals surface area contributed by atoms with Crippen LogP contribution in [0, 0.1) is 5.82 Å². The molecule has 2 heterocycles. The standard InChI is InChI=1S/C23H17F6N3O3/c1-21(34,22(25,26)23(27,28)29)18-11-31-20(32-18)30-10-12-2-7-15-16(9-19(33)35-17(15)8-12)13-3-5-14(24)6-4-13/h2-9,11,34H,10H2,1H3,(H2,30,31,32). The van der Waals surface area contributed by atoms with Gasteiger partial charge in [0, 0.05) is 18.0 Å². The van der Waals surface area contributed by atoms with Crippen LogP contribution in [-0.2, 0) is 12.1 Å². The van der Waals surface area contributed by atoms with E-state index in [2.05, 4.69) is 15.3 Å². The molecular weight excluding hydrogens is 480 g/mol. The maximum Gasteiger partial charge on any atom is 0.456 e. The number of benzene rings is 2. The number of hydrogen-bond acceptors (Lipinski definition) is 5. The number of H-pyrrole nitrogens is 1. The summed E-state index contributed by atoms with van der Waals surface area (Å²) < 4.78 is 84.0. The fourth-order valence-corrected chi connectivity index (χ4v) is 3.47. The highest BCUT2D eigenvalue weighted by Crippen LogP contribution is 2.47. The third kappa shape index (κ3) is 4.48. The van der Waals surface area contributed by atoms with E-state index in [0.29, 0.717) is 35.2 Å². The Hall–Kier alpha value is -3.80. The van der Waals surface area contributed by atoms with E-state index in [4.69, 9.17) is 4.42 Å². The molecule has 4 rings (SSSR count). The van der Waals surface area contributed by atoms with Crippen molar-refractivity contribution in [1.82, 2.24) is 9.97 Å². The number of imidazole rings is 1. The highest BCUT2D eigenvalue weighted by Gasteiger charge is 2.69. The van der Waals surface area contributed by atoms with Gasteiger partial charge in [0.15, 0.2) is 5.60 Å². The van der Waals surface area contributed by atoms with Crippen molar-refractivity contribution in [2.24, 2.45) is 0 Å². The van der Waals surface area contributed by atoms with Crippen LogP contribution >= 0.6 is 0 Å². The molecule has 12 heteroatoms. The number of aliphatic hydroxyl groups is 1. The van der Waals surface area contributed by atoms with Gasteiger partial charge < -0.3 is 19.8 Å². The number of alkyl halides is 5. The molecule has 0 amide bonds. The van der Waals surface area contributed by atoms with Crippen LogP contribution in [-0.4, -0.2) is 27.2 Å². The molecule has 4 aromatic rings. The van der Waals surface area contributed by atoms with Crippen molar-refractivity contribution in [1.29, 1.82) is 0 Å². The number of nitrogens with zero attached hydrogens (tertiary/aromatic N) is 1. The summed E-state index contributed by atoms with van der Waals surface area (Å²) in [5.74, 6) is -6.03. The van der Waals surface area contributed by atoms with E-state index in [-0.39, 0.29) is 18.1 Å². The Morgan fingerprint density at radius 1 is 1.06 bits per heavy atom. The predicted molar refractivity (Wildman–Crippen MR) is 114 cm³/mol. The minimum atomic E-state index is -5.98. The summed E-state index contributed by atoms with van der Waals surface area (Å²) in [6, 6.07) is 11.7. The molecule has 0 bridgehead atoms. The van der Waals surface area contributed by atoms with E-state index < -0.39 is 34.8 Å². The molecule has 2 aromatic carbocycles. The number of nitrogens with one attached hydrogen (secondary N) is 2. The summed E-state index contributed by atoms with van der Waals surface area (Å²) in [7, 11) is 0. The Balaban J connectivity index is 1.56. The van der Waals surface area contributed by atoms with Crippen LogP contribution in [0.15, 0.2) is 63.9 Å². The number of rotatable bonds is 6. The van der Waals surface area contributed by atoms with Crippen LogP contribution in [0.2, 0.25) is 0 Å². The molecule has 0 saturated carbocycles. The third-order valence-electron chi connectivity index (χ3n) is 5.49. The number of anilines is 1. The molecular formula is C23H17F6N3O3. The predicted octanol–water partition coefficient (Wildman–Crippen LogP) is 5.34. The third-order valence-corrected chi connectivity index (χ3v) is 5.49. The van der Waals surface area contributed by atoms with E-state index in [1.54, 1.807) is 12.1 Å². The number of fused-ring (bicyclic) bond motifs is 1. The van der Waals surface area contributed by atoms with Gasteiger partial charge in [-0.1, -0.05) is 24.3 Å². The van der Waals surface area contributed by atoms with Crippen molar-refractivity contribution in [3.8, 4) is 11.1 Å². The van der Waals surface area contributed by atoms with Crippen LogP contribution in [0.1, 0.15) is 18.2 Å². The highest BCUT2D eigenvalue weighted by atomic mass is 19.4. The largest absolute Gasteiger partial charge is 0.456 e. The molecule has 184 valence electrons. The first-order valence-electron chi connectivity index (χ1n) is 10.1. The molecule has 0 radical (unpaired) electrons. The first-order valence-corrected chi connectivity index (χ1v) is 10.1. The minimum absolute atomic E-state index is 0.0190.